The van der Waals surface area contributed by atoms with E-state index in [2.05, 4.69) is 160 Å². The van der Waals surface area contributed by atoms with E-state index in [0.717, 1.165) is 131 Å². The molecule has 7 aliphatic heterocycles. The van der Waals surface area contributed by atoms with Crippen molar-refractivity contribution in [2.45, 2.75) is 350 Å². The van der Waals surface area contributed by atoms with Gasteiger partial charge < -0.3 is 67.5 Å². The van der Waals surface area contributed by atoms with E-state index in [-0.39, 0.29) is 28.7 Å². The zero-order valence-electron chi connectivity index (χ0n) is 100.0. The minimum atomic E-state index is -2.37. The van der Waals surface area contributed by atoms with E-state index < -0.39 is 35.1 Å². The Morgan fingerprint density at radius 2 is 0.429 bits per heavy atom. The van der Waals surface area contributed by atoms with Crippen molar-refractivity contribution in [3.8, 4) is 40.2 Å². The number of nitrogens with zero attached hydrogens (tertiary/aromatic N) is 7. The number of hydrogen-bond donors (Lipinski definition) is 0. The van der Waals surface area contributed by atoms with Crippen LogP contribution in [-0.2, 0) is 82.9 Å². The number of piperidine rings is 7. The van der Waals surface area contributed by atoms with E-state index >= 15 is 0 Å². The summed E-state index contributed by atoms with van der Waals surface area (Å²) in [5, 5.41) is 0. The van der Waals surface area contributed by atoms with Gasteiger partial charge >= 0.3 is 0 Å². The molecule has 14 bridgehead atoms. The lowest BCUT2D eigenvalue weighted by Gasteiger charge is -2.58. The van der Waals surface area contributed by atoms with Crippen molar-refractivity contribution in [2.75, 3.05) is 145 Å². The number of ether oxygens (including phenoxy) is 7. The highest BCUT2D eigenvalue weighted by Gasteiger charge is 2.61. The molecule has 0 amide bonds. The van der Waals surface area contributed by atoms with E-state index in [1.807, 2.05) is 30.3 Å². The number of hydrogen-bond acceptors (Lipinski definition) is 14. The van der Waals surface area contributed by atoms with Crippen molar-refractivity contribution in [3.63, 3.8) is 0 Å². The summed E-state index contributed by atoms with van der Waals surface area (Å²) in [4.78, 5) is 16.9. The summed E-state index contributed by atoms with van der Waals surface area (Å²) in [6, 6.07) is 48.8. The fraction of sp³-hybridized carbons (Fsp3) is 0.667. The molecule has 7 unspecified atom stereocenters. The second-order valence-electron chi connectivity index (χ2n) is 48.2. The summed E-state index contributed by atoms with van der Waals surface area (Å²) in [7, 11) is 8.88. The Labute approximate surface area is 863 Å². The first-order valence-electron chi connectivity index (χ1n) is 63.5. The zero-order chi connectivity index (χ0) is 107. The van der Waals surface area contributed by atoms with Gasteiger partial charge in [-0.2, -0.15) is 0 Å². The largest absolute Gasteiger partial charge is 0.497 e. The third kappa shape index (κ3) is 16.7. The normalized spacial score (nSPS) is 37.8. The molecule has 21 aliphatic rings. The molecule has 14 fully saturated rings. The Morgan fingerprint density at radius 1 is 0.229 bits per heavy atom. The lowest BCUT2D eigenvalue weighted by molar-refractivity contribution is 0.00272. The molecule has 21 atom stereocenters. The van der Waals surface area contributed by atoms with Crippen LogP contribution in [0.25, 0.3) is 0 Å². The predicted octanol–water partition coefficient (Wildman–Crippen LogP) is 23.7. The average Bonchev–Trinajstić information content (AvgIpc) is 0.405. The second-order valence-corrected chi connectivity index (χ2v) is 48.2. The number of rotatable bonds is 7. The standard InChI is InChI=1S/7C18H25NO/c7*1-19-10-9-18-8-4-3-5-15(18)17(19)11-13-6-7-14(20-2)12-16(13)18/h7*6-7,12,15,17H,3-5,8-11H2,1-2H3/t7*15?,17-,18-/m0000000/s1/i2*2D3;2D2;2D;2*1D2;1D. The molecule has 7 saturated heterocycles. The molecule has 7 aromatic rings. The van der Waals surface area contributed by atoms with E-state index in [0.29, 0.717) is 100 Å². The fourth-order valence-corrected chi connectivity index (χ4v) is 36.5. The first kappa shape index (κ1) is 82.0. The molecule has 14 heteroatoms. The number of methoxy groups -OCH3 is 7. The summed E-state index contributed by atoms with van der Waals surface area (Å²) < 4.78 is 143. The van der Waals surface area contributed by atoms with E-state index in [1.165, 1.54) is 298 Å². The number of likely N-dealkylation sites (N-methyl/N-ethyl adjacent to an activating group) is 7. The SMILES string of the molecule is [2H]C([2H])([2H])Oc1ccc2c(c1)[C@]13CCCCC1[C@H](C2)N(C)CC3.[2H]C([2H])([2H])Oc1ccc2c(c1)[C@]13CCCCC1[C@H](C2)N(C)CC3.[2H]C([2H])N1CC[C@@]23CCCCC2[C@@H]1Cc1ccc(OC)cc13.[2H]C([2H])N1CC[C@@]23CCCCC2[C@@H]1Cc1ccc(OC)cc13.[2H]C([2H])Oc1ccc2c(c1)[C@]13CCCCC1[C@H](C2)N(C)CC3.[2H]CN1CC[C@@]23CCCCC2[C@@H]1Cc1ccc(OC)cc13.[2H]COc1ccc2c(c1)[C@]13CCCCC1[C@H](C2)N(C)CC3. The van der Waals surface area contributed by atoms with Crippen molar-refractivity contribution in [2.24, 2.45) is 41.4 Å². The second kappa shape index (κ2) is 39.9. The lowest BCUT2D eigenvalue weighted by Crippen LogP contribution is -2.59. The summed E-state index contributed by atoms with van der Waals surface area (Å²) in [6.07, 6.45) is 52.8. The van der Waals surface area contributed by atoms with Gasteiger partial charge in [-0.3, -0.25) is 0 Å². The van der Waals surface area contributed by atoms with Crippen LogP contribution < -0.4 is 33.2 Å². The van der Waals surface area contributed by atoms with Gasteiger partial charge in [0.25, 0.3) is 0 Å². The van der Waals surface area contributed by atoms with Gasteiger partial charge in [0.15, 0.2) is 0 Å². The van der Waals surface area contributed by atoms with Crippen LogP contribution in [0.2, 0.25) is 0 Å². The molecular weight excluding hydrogens is 1720 g/mol. The van der Waals surface area contributed by atoms with Crippen molar-refractivity contribution < 1.29 is 52.3 Å². The van der Waals surface area contributed by atoms with Crippen LogP contribution in [-0.4, -0.2) is 221 Å². The monoisotopic (exact) mass is 1910 g/mol. The molecule has 0 spiro atoms. The highest BCUT2D eigenvalue weighted by Crippen LogP contribution is 2.65. The third-order valence-corrected chi connectivity index (χ3v) is 43.2. The Hall–Kier alpha value is -7.14. The molecule has 14 aliphatic carbocycles. The maximum absolute atomic E-state index is 7.92. The maximum Gasteiger partial charge on any atom is 0.119 e. The van der Waals surface area contributed by atoms with Gasteiger partial charge in [0.05, 0.1) is 61.9 Å². The number of benzene rings is 7. The lowest BCUT2D eigenvalue weighted by atomic mass is 9.52. The summed E-state index contributed by atoms with van der Waals surface area (Å²) in [5.41, 5.74) is 22.7. The molecule has 0 aromatic heterocycles. The van der Waals surface area contributed by atoms with Crippen LogP contribution in [0.15, 0.2) is 127 Å². The predicted molar refractivity (Wildman–Crippen MR) is 570 cm³/mol. The van der Waals surface area contributed by atoms with Gasteiger partial charge in [-0.05, 0) is 479 Å². The molecule has 7 heterocycles. The Kier molecular flexibility index (Phi) is 23.4. The smallest absolute Gasteiger partial charge is 0.119 e. The van der Waals surface area contributed by atoms with Crippen LogP contribution in [0, 0.1) is 41.4 Å². The van der Waals surface area contributed by atoms with Crippen molar-refractivity contribution in [1.82, 2.24) is 34.3 Å². The quantitative estimate of drug-likeness (QED) is 0.152. The van der Waals surface area contributed by atoms with Gasteiger partial charge in [-0.1, -0.05) is 132 Å². The van der Waals surface area contributed by atoms with Gasteiger partial charge in [0.1, 0.15) is 40.2 Å². The molecular formula is C126H175N7O7. The first-order valence-corrected chi connectivity index (χ1v) is 55.6. The molecule has 7 aromatic carbocycles. The third-order valence-electron chi connectivity index (χ3n) is 43.2. The van der Waals surface area contributed by atoms with Crippen LogP contribution in [0.3, 0.4) is 0 Å². The fourth-order valence-electron chi connectivity index (χ4n) is 36.5. The van der Waals surface area contributed by atoms with Gasteiger partial charge in [0, 0.05) is 87.1 Å². The molecule has 7 saturated carbocycles. The topological polar surface area (TPSA) is 87.3 Å². The highest BCUT2D eigenvalue weighted by atomic mass is 16.5. The van der Waals surface area contributed by atoms with Crippen LogP contribution in [0.5, 0.6) is 40.2 Å². The molecule has 140 heavy (non-hydrogen) atoms. The first-order chi connectivity index (χ1) is 74.2. The van der Waals surface area contributed by atoms with E-state index in [4.69, 9.17) is 52.3 Å². The maximum atomic E-state index is 7.92. The molecule has 0 radical (unpaired) electrons. The molecule has 14 nitrogen and oxygen atoms in total. The summed E-state index contributed by atoms with van der Waals surface area (Å²) >= 11 is 0. The van der Waals surface area contributed by atoms with E-state index in [1.54, 1.807) is 32.5 Å². The highest BCUT2D eigenvalue weighted by molar-refractivity contribution is 5.54. The minimum absolute atomic E-state index is 0.0145. The Bertz CT molecular complexity index is 5850. The Balaban J connectivity index is 0.000000101. The van der Waals surface area contributed by atoms with Crippen LogP contribution in [0.4, 0.5) is 0 Å². The van der Waals surface area contributed by atoms with Crippen molar-refractivity contribution in [1.29, 1.82) is 0 Å². The minimum Gasteiger partial charge on any atom is -0.497 e. The van der Waals surface area contributed by atoms with Gasteiger partial charge in [0.2, 0.25) is 0 Å². The molecule has 0 N–H and O–H groups in total. The average molecular weight is 1910 g/mol. The molecule has 756 valence electrons. The number of likely N-dealkylation sites (tertiary alicyclic amines) is 7. The van der Waals surface area contributed by atoms with Crippen molar-refractivity contribution >= 4 is 0 Å². The van der Waals surface area contributed by atoms with Crippen LogP contribution in [0.1, 0.15) is 322 Å². The van der Waals surface area contributed by atoms with Crippen molar-refractivity contribution in [3.05, 3.63) is 205 Å². The van der Waals surface area contributed by atoms with Crippen LogP contribution >= 0.6 is 0 Å². The number of fused-ring (bicyclic) bond motifs is 7. The summed E-state index contributed by atoms with van der Waals surface area (Å²) in [5.74, 6) is 10.5. The van der Waals surface area contributed by atoms with E-state index in [9.17, 15) is 0 Å². The van der Waals surface area contributed by atoms with Gasteiger partial charge in [-0.15, -0.1) is 0 Å². The zero-order valence-corrected chi connectivity index (χ0v) is 86.0. The van der Waals surface area contributed by atoms with Gasteiger partial charge in [-0.25, -0.2) is 0 Å². The molecule has 28 rings (SSSR count). The Morgan fingerprint density at radius 3 is 0.636 bits per heavy atom. The summed E-state index contributed by atoms with van der Waals surface area (Å²) in [6.45, 7) is 5.94.